The van der Waals surface area contributed by atoms with Crippen molar-refractivity contribution in [2.75, 3.05) is 0 Å². The lowest BCUT2D eigenvalue weighted by Crippen LogP contribution is -1.76. The standard InChI is InChI=1S/C10H7N3S/c1-2-8-9(13-6-12-8)5-7(1)10-11-3-4-14-10/h1-6H,(H,12,13). The van der Waals surface area contributed by atoms with E-state index in [1.807, 2.05) is 23.7 Å². The van der Waals surface area contributed by atoms with E-state index in [9.17, 15) is 0 Å². The van der Waals surface area contributed by atoms with Gasteiger partial charge < -0.3 is 4.98 Å². The Morgan fingerprint density at radius 2 is 2.21 bits per heavy atom. The third kappa shape index (κ3) is 1.12. The average Bonchev–Trinajstić information content (AvgIpc) is 2.88. The quantitative estimate of drug-likeness (QED) is 0.657. The molecule has 1 aromatic carbocycles. The van der Waals surface area contributed by atoms with Crippen LogP contribution in [0.3, 0.4) is 0 Å². The van der Waals surface area contributed by atoms with Gasteiger partial charge in [-0.15, -0.1) is 11.3 Å². The molecule has 0 spiro atoms. The maximum absolute atomic E-state index is 4.26. The predicted molar refractivity (Wildman–Crippen MR) is 57.2 cm³/mol. The van der Waals surface area contributed by atoms with Gasteiger partial charge in [-0.2, -0.15) is 0 Å². The first-order valence-corrected chi connectivity index (χ1v) is 5.14. The minimum atomic E-state index is 0.991. The smallest absolute Gasteiger partial charge is 0.123 e. The van der Waals surface area contributed by atoms with Crippen molar-refractivity contribution in [3.05, 3.63) is 36.1 Å². The van der Waals surface area contributed by atoms with Crippen molar-refractivity contribution in [2.24, 2.45) is 0 Å². The number of benzene rings is 1. The van der Waals surface area contributed by atoms with Crippen molar-refractivity contribution >= 4 is 22.4 Å². The second kappa shape index (κ2) is 2.92. The van der Waals surface area contributed by atoms with Crippen LogP contribution in [0.4, 0.5) is 0 Å². The van der Waals surface area contributed by atoms with E-state index < -0.39 is 0 Å². The van der Waals surface area contributed by atoms with Gasteiger partial charge in [0.1, 0.15) is 5.01 Å². The van der Waals surface area contributed by atoms with Crippen molar-refractivity contribution in [3.63, 3.8) is 0 Å². The fraction of sp³-hybridized carbons (Fsp3) is 0. The molecule has 0 bridgehead atoms. The fourth-order valence-electron chi connectivity index (χ4n) is 1.43. The number of aromatic nitrogens is 3. The lowest BCUT2D eigenvalue weighted by molar-refractivity contribution is 1.34. The third-order valence-electron chi connectivity index (χ3n) is 2.10. The van der Waals surface area contributed by atoms with Crippen LogP contribution in [0, 0.1) is 0 Å². The van der Waals surface area contributed by atoms with Crippen LogP contribution >= 0.6 is 11.3 Å². The molecule has 2 aromatic heterocycles. The van der Waals surface area contributed by atoms with Gasteiger partial charge in [-0.25, -0.2) is 9.97 Å². The minimum absolute atomic E-state index is 0.991. The average molecular weight is 201 g/mol. The Kier molecular flexibility index (Phi) is 1.61. The Morgan fingerprint density at radius 3 is 3.07 bits per heavy atom. The van der Waals surface area contributed by atoms with E-state index in [0.29, 0.717) is 0 Å². The molecule has 0 aliphatic heterocycles. The highest BCUT2D eigenvalue weighted by Gasteiger charge is 2.02. The molecule has 0 aliphatic carbocycles. The van der Waals surface area contributed by atoms with Crippen LogP contribution in [-0.2, 0) is 0 Å². The lowest BCUT2D eigenvalue weighted by atomic mass is 10.2. The van der Waals surface area contributed by atoms with Gasteiger partial charge >= 0.3 is 0 Å². The Morgan fingerprint density at radius 1 is 1.21 bits per heavy atom. The summed E-state index contributed by atoms with van der Waals surface area (Å²) < 4.78 is 0. The number of hydrogen-bond acceptors (Lipinski definition) is 3. The van der Waals surface area contributed by atoms with Crippen molar-refractivity contribution in [2.45, 2.75) is 0 Å². The molecule has 0 radical (unpaired) electrons. The van der Waals surface area contributed by atoms with Crippen LogP contribution in [0.5, 0.6) is 0 Å². The van der Waals surface area contributed by atoms with Crippen molar-refractivity contribution in [1.82, 2.24) is 15.0 Å². The SMILES string of the molecule is c1csc(-c2ccc3nc[nH]c3c2)n1. The van der Waals surface area contributed by atoms with Crippen LogP contribution < -0.4 is 0 Å². The molecule has 3 aromatic rings. The van der Waals surface area contributed by atoms with E-state index in [2.05, 4.69) is 21.0 Å². The molecule has 3 nitrogen and oxygen atoms in total. The molecule has 0 aliphatic rings. The van der Waals surface area contributed by atoms with Crippen LogP contribution in [0.2, 0.25) is 0 Å². The zero-order chi connectivity index (χ0) is 9.38. The van der Waals surface area contributed by atoms with Gasteiger partial charge in [-0.3, -0.25) is 0 Å². The second-order valence-corrected chi connectivity index (χ2v) is 3.87. The maximum atomic E-state index is 4.26. The summed E-state index contributed by atoms with van der Waals surface area (Å²) in [6.07, 6.45) is 3.52. The first kappa shape index (κ1) is 7.70. The molecule has 0 unspecified atom stereocenters. The van der Waals surface area contributed by atoms with Gasteiger partial charge in [-0.1, -0.05) is 0 Å². The summed E-state index contributed by atoms with van der Waals surface area (Å²) in [7, 11) is 0. The van der Waals surface area contributed by atoms with E-state index >= 15 is 0 Å². The van der Waals surface area contributed by atoms with E-state index in [1.165, 1.54) is 0 Å². The van der Waals surface area contributed by atoms with Crippen LogP contribution in [0.1, 0.15) is 0 Å². The second-order valence-electron chi connectivity index (χ2n) is 2.97. The summed E-state index contributed by atoms with van der Waals surface area (Å²) in [4.78, 5) is 11.5. The third-order valence-corrected chi connectivity index (χ3v) is 2.92. The van der Waals surface area contributed by atoms with Gasteiger partial charge in [-0.05, 0) is 18.2 Å². The van der Waals surface area contributed by atoms with Crippen molar-refractivity contribution < 1.29 is 0 Å². The summed E-state index contributed by atoms with van der Waals surface area (Å²) in [5.41, 5.74) is 3.18. The molecule has 3 rings (SSSR count). The van der Waals surface area contributed by atoms with Gasteiger partial charge in [0.05, 0.1) is 17.4 Å². The molecule has 2 heterocycles. The molecule has 0 fully saturated rings. The number of thiazole rings is 1. The number of H-pyrrole nitrogens is 1. The largest absolute Gasteiger partial charge is 0.345 e. The molecule has 1 N–H and O–H groups in total. The van der Waals surface area contributed by atoms with Gasteiger partial charge in [0, 0.05) is 17.1 Å². The number of imidazole rings is 1. The van der Waals surface area contributed by atoms with E-state index in [-0.39, 0.29) is 0 Å². The van der Waals surface area contributed by atoms with Crippen molar-refractivity contribution in [1.29, 1.82) is 0 Å². The van der Waals surface area contributed by atoms with Crippen LogP contribution in [0.15, 0.2) is 36.1 Å². The van der Waals surface area contributed by atoms with Crippen molar-refractivity contribution in [3.8, 4) is 10.6 Å². The summed E-state index contributed by atoms with van der Waals surface area (Å²) >= 11 is 1.64. The van der Waals surface area contributed by atoms with Gasteiger partial charge in [0.15, 0.2) is 0 Å². The van der Waals surface area contributed by atoms with Crippen LogP contribution in [0.25, 0.3) is 21.6 Å². The normalized spacial score (nSPS) is 10.9. The number of aromatic amines is 1. The molecular weight excluding hydrogens is 194 g/mol. The zero-order valence-electron chi connectivity index (χ0n) is 7.27. The molecule has 0 saturated heterocycles. The maximum Gasteiger partial charge on any atom is 0.123 e. The Balaban J connectivity index is 2.23. The highest BCUT2D eigenvalue weighted by Crippen LogP contribution is 2.24. The summed E-state index contributed by atoms with van der Waals surface area (Å²) in [6, 6.07) is 6.12. The summed E-state index contributed by atoms with van der Waals surface area (Å²) in [5, 5.41) is 3.02. The van der Waals surface area contributed by atoms with E-state index in [1.54, 1.807) is 17.7 Å². The molecule has 14 heavy (non-hydrogen) atoms. The number of fused-ring (bicyclic) bond motifs is 1. The Hall–Kier alpha value is -1.68. The Labute approximate surface area is 84.5 Å². The molecule has 0 saturated carbocycles. The molecule has 0 atom stereocenters. The van der Waals surface area contributed by atoms with Gasteiger partial charge in [0.25, 0.3) is 0 Å². The first-order chi connectivity index (χ1) is 6.93. The summed E-state index contributed by atoms with van der Waals surface area (Å²) in [5.74, 6) is 0. The highest BCUT2D eigenvalue weighted by atomic mass is 32.1. The summed E-state index contributed by atoms with van der Waals surface area (Å²) in [6.45, 7) is 0. The predicted octanol–water partition coefficient (Wildman–Crippen LogP) is 2.69. The Bertz CT molecular complexity index is 554. The first-order valence-electron chi connectivity index (χ1n) is 4.26. The number of rotatable bonds is 1. The van der Waals surface area contributed by atoms with E-state index in [0.717, 1.165) is 21.6 Å². The number of nitrogens with zero attached hydrogens (tertiary/aromatic N) is 2. The zero-order valence-corrected chi connectivity index (χ0v) is 8.08. The minimum Gasteiger partial charge on any atom is -0.345 e. The molecule has 0 amide bonds. The topological polar surface area (TPSA) is 41.6 Å². The molecule has 68 valence electrons. The number of hydrogen-bond donors (Lipinski definition) is 1. The fourth-order valence-corrected chi connectivity index (χ4v) is 2.07. The highest BCUT2D eigenvalue weighted by molar-refractivity contribution is 7.13. The van der Waals surface area contributed by atoms with Gasteiger partial charge in [0.2, 0.25) is 0 Å². The van der Waals surface area contributed by atoms with Crippen LogP contribution in [-0.4, -0.2) is 15.0 Å². The lowest BCUT2D eigenvalue weighted by Gasteiger charge is -1.95. The molecule has 4 heteroatoms. The number of nitrogens with one attached hydrogen (secondary N) is 1. The molecular formula is C10H7N3S. The monoisotopic (exact) mass is 201 g/mol. The van der Waals surface area contributed by atoms with E-state index in [4.69, 9.17) is 0 Å².